The lowest BCUT2D eigenvalue weighted by atomic mass is 10.0. The number of phosphoric acid groups is 1. The van der Waals surface area contributed by atoms with Crippen LogP contribution in [0.4, 0.5) is 0 Å². The van der Waals surface area contributed by atoms with Crippen LogP contribution in [0.15, 0.2) is 36.5 Å². The predicted molar refractivity (Wildman–Crippen MR) is 206 cm³/mol. The molecule has 2 atom stereocenters. The van der Waals surface area contributed by atoms with E-state index in [4.69, 9.17) is 24.3 Å². The van der Waals surface area contributed by atoms with Crippen LogP contribution in [0.5, 0.6) is 0 Å². The van der Waals surface area contributed by atoms with Crippen LogP contribution in [-0.2, 0) is 32.7 Å². The number of unbranched alkanes of at least 4 members (excludes halogenated alkanes) is 18. The second kappa shape index (κ2) is 37.0. The number of nitrogens with two attached hydrogens (primary N) is 1. The third-order valence-corrected chi connectivity index (χ3v) is 9.26. The molecule has 0 aromatic rings. The molecule has 0 aliphatic heterocycles. The Balaban J connectivity index is 4.27. The first-order valence-electron chi connectivity index (χ1n) is 20.0. The molecule has 0 spiro atoms. The largest absolute Gasteiger partial charge is 0.472 e. The SMILES string of the molecule is CCCCCCCCC=CCC=CCC=CCCCC(=O)OC[C@H](COP(=O)(O)OCCN)OC(=O)CCCCCCCCCCCCCC. The summed E-state index contributed by atoms with van der Waals surface area (Å²) in [5, 5.41) is 0. The molecule has 0 aromatic heterocycles. The third-order valence-electron chi connectivity index (χ3n) is 8.28. The maximum Gasteiger partial charge on any atom is 0.472 e. The molecular weight excluding hydrogens is 653 g/mol. The van der Waals surface area contributed by atoms with Gasteiger partial charge in [0.2, 0.25) is 0 Å². The summed E-state index contributed by atoms with van der Waals surface area (Å²) < 4.78 is 32.6. The molecule has 0 bridgehead atoms. The summed E-state index contributed by atoms with van der Waals surface area (Å²) >= 11 is 0. The van der Waals surface area contributed by atoms with Crippen LogP contribution in [0, 0.1) is 0 Å². The van der Waals surface area contributed by atoms with Gasteiger partial charge < -0.3 is 20.1 Å². The first-order chi connectivity index (χ1) is 24.3. The normalized spacial score (nSPS) is 13.8. The van der Waals surface area contributed by atoms with Crippen molar-refractivity contribution in [3.63, 3.8) is 0 Å². The summed E-state index contributed by atoms with van der Waals surface area (Å²) in [6.07, 6.45) is 39.0. The van der Waals surface area contributed by atoms with Crippen LogP contribution in [0.1, 0.15) is 174 Å². The highest BCUT2D eigenvalue weighted by atomic mass is 31.2. The number of esters is 2. The average molecular weight is 728 g/mol. The Morgan fingerprint density at radius 1 is 0.600 bits per heavy atom. The molecule has 0 aromatic carbocycles. The van der Waals surface area contributed by atoms with Gasteiger partial charge >= 0.3 is 19.8 Å². The monoisotopic (exact) mass is 728 g/mol. The summed E-state index contributed by atoms with van der Waals surface area (Å²) in [4.78, 5) is 34.7. The molecule has 10 heteroatoms. The van der Waals surface area contributed by atoms with Crippen molar-refractivity contribution in [2.45, 2.75) is 180 Å². The highest BCUT2D eigenvalue weighted by Gasteiger charge is 2.25. The molecule has 0 amide bonds. The summed E-state index contributed by atoms with van der Waals surface area (Å²) in [6, 6.07) is 0. The first-order valence-corrected chi connectivity index (χ1v) is 21.5. The molecule has 0 saturated heterocycles. The smallest absolute Gasteiger partial charge is 0.462 e. The van der Waals surface area contributed by atoms with Gasteiger partial charge in [-0.3, -0.25) is 18.6 Å². The van der Waals surface area contributed by atoms with Gasteiger partial charge in [-0.15, -0.1) is 0 Å². The Hall–Kier alpha value is -1.77. The molecule has 50 heavy (non-hydrogen) atoms. The van der Waals surface area contributed by atoms with Crippen LogP contribution in [0.25, 0.3) is 0 Å². The van der Waals surface area contributed by atoms with Crippen molar-refractivity contribution < 1.29 is 37.6 Å². The Morgan fingerprint density at radius 3 is 1.60 bits per heavy atom. The number of carbonyl (C=O) groups excluding carboxylic acids is 2. The second-order valence-corrected chi connectivity index (χ2v) is 14.6. The van der Waals surface area contributed by atoms with E-state index >= 15 is 0 Å². The molecule has 0 radical (unpaired) electrons. The zero-order valence-electron chi connectivity index (χ0n) is 31.9. The lowest BCUT2D eigenvalue weighted by Gasteiger charge is -2.19. The number of hydrogen-bond acceptors (Lipinski definition) is 8. The van der Waals surface area contributed by atoms with Crippen molar-refractivity contribution in [2.75, 3.05) is 26.4 Å². The number of allylic oxidation sites excluding steroid dienone is 6. The maximum absolute atomic E-state index is 12.5. The highest BCUT2D eigenvalue weighted by molar-refractivity contribution is 7.47. The van der Waals surface area contributed by atoms with Gasteiger partial charge in [0.05, 0.1) is 13.2 Å². The molecule has 3 N–H and O–H groups in total. The minimum atomic E-state index is -4.38. The molecule has 0 rings (SSSR count). The molecule has 1 unspecified atom stereocenters. The van der Waals surface area contributed by atoms with E-state index in [9.17, 15) is 19.0 Å². The van der Waals surface area contributed by atoms with Gasteiger partial charge in [0, 0.05) is 19.4 Å². The Bertz CT molecular complexity index is 923. The van der Waals surface area contributed by atoms with E-state index < -0.39 is 32.5 Å². The Kier molecular flexibility index (Phi) is 35.7. The lowest BCUT2D eigenvalue weighted by Crippen LogP contribution is -2.29. The van der Waals surface area contributed by atoms with E-state index in [1.165, 1.54) is 89.9 Å². The van der Waals surface area contributed by atoms with Crippen LogP contribution in [-0.4, -0.2) is 49.3 Å². The van der Waals surface area contributed by atoms with E-state index in [1.54, 1.807) is 0 Å². The minimum Gasteiger partial charge on any atom is -0.462 e. The van der Waals surface area contributed by atoms with E-state index in [1.807, 2.05) is 0 Å². The topological polar surface area (TPSA) is 134 Å². The van der Waals surface area contributed by atoms with Crippen molar-refractivity contribution >= 4 is 19.8 Å². The zero-order valence-corrected chi connectivity index (χ0v) is 32.8. The summed E-state index contributed by atoms with van der Waals surface area (Å²) in [6.45, 7) is 3.66. The van der Waals surface area contributed by atoms with Crippen molar-refractivity contribution in [1.82, 2.24) is 0 Å². The quantitative estimate of drug-likeness (QED) is 0.0277. The van der Waals surface area contributed by atoms with Crippen LogP contribution >= 0.6 is 7.82 Å². The second-order valence-electron chi connectivity index (χ2n) is 13.2. The summed E-state index contributed by atoms with van der Waals surface area (Å²) in [5.74, 6) is -0.889. The van der Waals surface area contributed by atoms with Crippen LogP contribution in [0.3, 0.4) is 0 Å². The fourth-order valence-electron chi connectivity index (χ4n) is 5.30. The van der Waals surface area contributed by atoms with Gasteiger partial charge in [-0.25, -0.2) is 4.57 Å². The molecule has 0 aliphatic rings. The average Bonchev–Trinajstić information content (AvgIpc) is 3.10. The number of hydrogen-bond donors (Lipinski definition) is 2. The van der Waals surface area contributed by atoms with E-state index in [2.05, 4.69) is 50.3 Å². The molecule has 0 saturated carbocycles. The van der Waals surface area contributed by atoms with Gasteiger partial charge in [-0.1, -0.05) is 153 Å². The molecule has 0 aliphatic carbocycles. The van der Waals surface area contributed by atoms with Gasteiger partial charge in [0.15, 0.2) is 6.10 Å². The highest BCUT2D eigenvalue weighted by Crippen LogP contribution is 2.43. The zero-order chi connectivity index (χ0) is 36.8. The molecule has 9 nitrogen and oxygen atoms in total. The third kappa shape index (κ3) is 36.0. The Labute approximate surface area is 305 Å². The van der Waals surface area contributed by atoms with Crippen molar-refractivity contribution in [3.8, 4) is 0 Å². The van der Waals surface area contributed by atoms with Crippen molar-refractivity contribution in [2.24, 2.45) is 5.73 Å². The van der Waals surface area contributed by atoms with Gasteiger partial charge in [-0.05, 0) is 44.9 Å². The fourth-order valence-corrected chi connectivity index (χ4v) is 6.06. The van der Waals surface area contributed by atoms with Crippen LogP contribution in [0.2, 0.25) is 0 Å². The van der Waals surface area contributed by atoms with Crippen LogP contribution < -0.4 is 5.73 Å². The van der Waals surface area contributed by atoms with Gasteiger partial charge in [0.1, 0.15) is 6.61 Å². The minimum absolute atomic E-state index is 0.0475. The molecule has 292 valence electrons. The maximum atomic E-state index is 12.5. The van der Waals surface area contributed by atoms with E-state index in [0.717, 1.165) is 44.9 Å². The fraction of sp³-hybridized carbons (Fsp3) is 0.800. The summed E-state index contributed by atoms with van der Waals surface area (Å²) in [7, 11) is -4.38. The van der Waals surface area contributed by atoms with E-state index in [-0.39, 0.29) is 32.6 Å². The van der Waals surface area contributed by atoms with E-state index in [0.29, 0.717) is 12.8 Å². The molecule has 0 heterocycles. The molecule has 0 fully saturated rings. The van der Waals surface area contributed by atoms with Gasteiger partial charge in [-0.2, -0.15) is 0 Å². The van der Waals surface area contributed by atoms with Crippen molar-refractivity contribution in [3.05, 3.63) is 36.5 Å². The standard InChI is InChI=1S/C40H74NO8P/c1-3-5-7-9-11-13-15-17-18-19-20-21-23-24-26-28-30-32-39(42)46-36-38(37-48-50(44,45)47-35-34-41)49-40(43)33-31-29-27-25-22-16-14-12-10-8-6-4-2/h17-18,20-21,24,26,38H,3-16,19,22-23,25,27-37,41H2,1-2H3,(H,44,45)/t38-/m1/s1. The number of ether oxygens (including phenoxy) is 2. The summed E-state index contributed by atoms with van der Waals surface area (Å²) in [5.41, 5.74) is 5.33. The van der Waals surface area contributed by atoms with Crippen molar-refractivity contribution in [1.29, 1.82) is 0 Å². The number of carbonyl (C=O) groups is 2. The number of rotatable bonds is 37. The lowest BCUT2D eigenvalue weighted by molar-refractivity contribution is -0.161. The Morgan fingerprint density at radius 2 is 1.06 bits per heavy atom. The first kappa shape index (κ1) is 48.2. The van der Waals surface area contributed by atoms with Gasteiger partial charge in [0.25, 0.3) is 0 Å². The number of phosphoric ester groups is 1. The predicted octanol–water partition coefficient (Wildman–Crippen LogP) is 11.0. The molecular formula is C40H74NO8P.